The minimum atomic E-state index is -0.483. The molecule has 0 aliphatic carbocycles. The van der Waals surface area contributed by atoms with Crippen molar-refractivity contribution in [1.82, 2.24) is 5.32 Å². The first-order valence-corrected chi connectivity index (χ1v) is 6.47. The van der Waals surface area contributed by atoms with Crippen LogP contribution in [0.4, 0.5) is 4.79 Å². The fourth-order valence-corrected chi connectivity index (χ4v) is 1.19. The van der Waals surface area contributed by atoms with Crippen molar-refractivity contribution in [2.75, 3.05) is 19.8 Å². The normalized spacial score (nSPS) is 13.2. The summed E-state index contributed by atoms with van der Waals surface area (Å²) in [7, 11) is 0. The lowest BCUT2D eigenvalue weighted by Crippen LogP contribution is -2.36. The summed E-state index contributed by atoms with van der Waals surface area (Å²) in [6, 6.07) is 0. The number of ether oxygens (including phenoxy) is 2. The molecule has 0 aromatic heterocycles. The van der Waals surface area contributed by atoms with Crippen LogP contribution in [0.5, 0.6) is 0 Å². The number of carbonyl (C=O) groups excluding carboxylic acids is 1. The van der Waals surface area contributed by atoms with Crippen LogP contribution in [-0.2, 0) is 9.47 Å². The average molecular weight is 266 g/mol. The molecule has 0 saturated carbocycles. The van der Waals surface area contributed by atoms with Gasteiger partial charge in [0.1, 0.15) is 5.60 Å². The smallest absolute Gasteiger partial charge is 0.407 e. The van der Waals surface area contributed by atoms with Gasteiger partial charge in [-0.05, 0) is 27.2 Å². The second-order valence-electron chi connectivity index (χ2n) is 4.91. The quantitative estimate of drug-likeness (QED) is 0.569. The molecule has 17 heavy (non-hydrogen) atoms. The van der Waals surface area contributed by atoms with Crippen LogP contribution in [0.3, 0.4) is 0 Å². The molecule has 1 amide bonds. The molecule has 5 heteroatoms. The third kappa shape index (κ3) is 11.8. The highest BCUT2D eigenvalue weighted by Crippen LogP contribution is 2.06. The van der Waals surface area contributed by atoms with Crippen molar-refractivity contribution in [1.29, 1.82) is 0 Å². The highest BCUT2D eigenvalue weighted by Gasteiger charge is 2.16. The largest absolute Gasteiger partial charge is 0.444 e. The Bertz CT molecular complexity index is 216. The molecule has 0 heterocycles. The Morgan fingerprint density at radius 3 is 2.59 bits per heavy atom. The van der Waals surface area contributed by atoms with Gasteiger partial charge in [0.15, 0.2) is 0 Å². The van der Waals surface area contributed by atoms with Gasteiger partial charge in [0.05, 0.1) is 12.0 Å². The van der Waals surface area contributed by atoms with E-state index in [1.807, 2.05) is 20.8 Å². The fourth-order valence-electron chi connectivity index (χ4n) is 1.02. The number of alkyl carbamates (subject to hydrolysis) is 1. The van der Waals surface area contributed by atoms with E-state index in [1.165, 1.54) is 0 Å². The van der Waals surface area contributed by atoms with E-state index in [1.54, 1.807) is 0 Å². The van der Waals surface area contributed by atoms with Gasteiger partial charge in [0.2, 0.25) is 0 Å². The summed E-state index contributed by atoms with van der Waals surface area (Å²) in [6.07, 6.45) is 1.68. The van der Waals surface area contributed by atoms with Gasteiger partial charge in [-0.15, -0.1) is 11.6 Å². The first-order valence-electron chi connectivity index (χ1n) is 6.04. The van der Waals surface area contributed by atoms with Crippen molar-refractivity contribution in [3.05, 3.63) is 0 Å². The monoisotopic (exact) mass is 265 g/mol. The van der Waals surface area contributed by atoms with Crippen LogP contribution < -0.4 is 5.32 Å². The Balaban J connectivity index is 3.55. The molecular weight excluding hydrogens is 242 g/mol. The lowest BCUT2D eigenvalue weighted by Gasteiger charge is -2.20. The molecule has 0 bridgehead atoms. The summed E-state index contributed by atoms with van der Waals surface area (Å²) in [6.45, 7) is 9.06. The summed E-state index contributed by atoms with van der Waals surface area (Å²) < 4.78 is 10.4. The molecule has 0 radical (unpaired) electrons. The zero-order valence-corrected chi connectivity index (χ0v) is 12.0. The molecule has 1 atom stereocenters. The van der Waals surface area contributed by atoms with Crippen molar-refractivity contribution in [3.8, 4) is 0 Å². The van der Waals surface area contributed by atoms with E-state index in [9.17, 15) is 4.79 Å². The van der Waals surface area contributed by atoms with Crippen molar-refractivity contribution in [2.45, 2.75) is 51.5 Å². The van der Waals surface area contributed by atoms with Gasteiger partial charge >= 0.3 is 6.09 Å². The highest BCUT2D eigenvalue weighted by molar-refractivity contribution is 6.21. The molecule has 0 aromatic carbocycles. The minimum absolute atomic E-state index is 0.223. The number of amides is 1. The van der Waals surface area contributed by atoms with E-state index in [0.717, 1.165) is 12.8 Å². The second kappa shape index (κ2) is 8.59. The molecule has 0 aliphatic rings. The summed E-state index contributed by atoms with van der Waals surface area (Å²) in [5.74, 6) is 0. The minimum Gasteiger partial charge on any atom is -0.444 e. The number of nitrogens with one attached hydrogen (secondary N) is 1. The molecule has 0 aliphatic heterocycles. The van der Waals surface area contributed by atoms with Gasteiger partial charge in [0, 0.05) is 13.2 Å². The van der Waals surface area contributed by atoms with E-state index in [-0.39, 0.29) is 5.38 Å². The molecule has 0 fully saturated rings. The Labute approximate surface area is 109 Å². The third-order valence-electron chi connectivity index (χ3n) is 1.81. The van der Waals surface area contributed by atoms with E-state index in [2.05, 4.69) is 12.2 Å². The van der Waals surface area contributed by atoms with Crippen LogP contribution in [0.15, 0.2) is 0 Å². The molecule has 102 valence electrons. The van der Waals surface area contributed by atoms with E-state index in [0.29, 0.717) is 19.8 Å². The predicted molar refractivity (Wildman–Crippen MR) is 69.6 cm³/mol. The molecule has 0 saturated heterocycles. The van der Waals surface area contributed by atoms with Gasteiger partial charge in [-0.3, -0.25) is 0 Å². The van der Waals surface area contributed by atoms with Crippen molar-refractivity contribution in [2.24, 2.45) is 0 Å². The lowest BCUT2D eigenvalue weighted by molar-refractivity contribution is 0.0521. The van der Waals surface area contributed by atoms with Crippen LogP contribution in [0.1, 0.15) is 40.5 Å². The summed E-state index contributed by atoms with van der Waals surface area (Å²) >= 11 is 5.98. The molecule has 1 unspecified atom stereocenters. The molecule has 0 rings (SSSR count). The summed E-state index contributed by atoms with van der Waals surface area (Å²) in [5.41, 5.74) is -0.483. The molecule has 1 N–H and O–H groups in total. The highest BCUT2D eigenvalue weighted by atomic mass is 35.5. The topological polar surface area (TPSA) is 47.6 Å². The molecule has 0 spiro atoms. The number of hydrogen-bond donors (Lipinski definition) is 1. The van der Waals surface area contributed by atoms with Crippen LogP contribution in [0.2, 0.25) is 0 Å². The zero-order valence-electron chi connectivity index (χ0n) is 11.2. The maximum Gasteiger partial charge on any atom is 0.407 e. The van der Waals surface area contributed by atoms with Gasteiger partial charge in [-0.2, -0.15) is 0 Å². The van der Waals surface area contributed by atoms with Gasteiger partial charge < -0.3 is 14.8 Å². The van der Waals surface area contributed by atoms with Gasteiger partial charge in [-0.25, -0.2) is 4.79 Å². The lowest BCUT2D eigenvalue weighted by atomic mass is 10.2. The number of unbranched alkanes of at least 4 members (excludes halogenated alkanes) is 1. The average Bonchev–Trinajstić information content (AvgIpc) is 2.19. The number of alkyl halides is 1. The van der Waals surface area contributed by atoms with Crippen LogP contribution >= 0.6 is 11.6 Å². The van der Waals surface area contributed by atoms with E-state index >= 15 is 0 Å². The Hall–Kier alpha value is -0.480. The zero-order chi connectivity index (χ0) is 13.3. The Morgan fingerprint density at radius 1 is 1.41 bits per heavy atom. The summed E-state index contributed by atoms with van der Waals surface area (Å²) in [4.78, 5) is 11.3. The van der Waals surface area contributed by atoms with Crippen molar-refractivity contribution < 1.29 is 14.3 Å². The maximum atomic E-state index is 11.3. The Kier molecular flexibility index (Phi) is 8.35. The van der Waals surface area contributed by atoms with Crippen LogP contribution in [0.25, 0.3) is 0 Å². The number of rotatable bonds is 7. The van der Waals surface area contributed by atoms with E-state index < -0.39 is 11.7 Å². The fraction of sp³-hybridized carbons (Fsp3) is 0.917. The molecule has 4 nitrogen and oxygen atoms in total. The van der Waals surface area contributed by atoms with Crippen molar-refractivity contribution in [3.63, 3.8) is 0 Å². The maximum absolute atomic E-state index is 11.3. The third-order valence-corrected chi connectivity index (χ3v) is 2.09. The summed E-state index contributed by atoms with van der Waals surface area (Å²) in [5, 5.41) is 2.38. The standard InChI is InChI=1S/C12H24ClNO3/c1-5-6-7-16-9-10(13)8-14-11(15)17-12(2,3)4/h10H,5-9H2,1-4H3,(H,14,15). The van der Waals surface area contributed by atoms with Crippen molar-refractivity contribution >= 4 is 17.7 Å². The van der Waals surface area contributed by atoms with Gasteiger partial charge in [-0.1, -0.05) is 13.3 Å². The van der Waals surface area contributed by atoms with Crippen LogP contribution in [-0.4, -0.2) is 36.8 Å². The first-order chi connectivity index (χ1) is 7.85. The van der Waals surface area contributed by atoms with Gasteiger partial charge in [0.25, 0.3) is 0 Å². The molecular formula is C12H24ClNO3. The van der Waals surface area contributed by atoms with Crippen LogP contribution in [0, 0.1) is 0 Å². The Morgan fingerprint density at radius 2 is 2.06 bits per heavy atom. The number of hydrogen-bond acceptors (Lipinski definition) is 3. The second-order valence-corrected chi connectivity index (χ2v) is 5.53. The number of halogens is 1. The number of carbonyl (C=O) groups is 1. The SMILES string of the molecule is CCCCOCC(Cl)CNC(=O)OC(C)(C)C. The van der Waals surface area contributed by atoms with E-state index in [4.69, 9.17) is 21.1 Å². The first kappa shape index (κ1) is 16.5. The predicted octanol–water partition coefficient (Wildman–Crippen LogP) is 2.94. The molecule has 0 aromatic rings.